The van der Waals surface area contributed by atoms with Crippen LogP contribution >= 0.6 is 0 Å². The number of hydrogen-bond acceptors (Lipinski definition) is 3. The Morgan fingerprint density at radius 2 is 1.97 bits per heavy atom. The SMILES string of the molecule is CCNC(=NCc1ccccc1-n1ccnc1)NCCc1cccc(C(=O)N(C)C)c1. The molecule has 1 amide bonds. The van der Waals surface area contributed by atoms with Gasteiger partial charge in [-0.1, -0.05) is 30.3 Å². The number of carbonyl (C=O) groups is 1. The molecule has 1 heterocycles. The minimum absolute atomic E-state index is 0.0151. The van der Waals surface area contributed by atoms with E-state index < -0.39 is 0 Å². The summed E-state index contributed by atoms with van der Waals surface area (Å²) in [6.07, 6.45) is 6.29. The van der Waals surface area contributed by atoms with Crippen molar-refractivity contribution in [1.82, 2.24) is 25.1 Å². The highest BCUT2D eigenvalue weighted by atomic mass is 16.2. The monoisotopic (exact) mass is 418 g/mol. The molecule has 0 saturated heterocycles. The van der Waals surface area contributed by atoms with Crippen molar-refractivity contribution >= 4 is 11.9 Å². The summed E-state index contributed by atoms with van der Waals surface area (Å²) in [5.41, 5.74) is 4.01. The quantitative estimate of drug-likeness (QED) is 0.436. The van der Waals surface area contributed by atoms with Crippen molar-refractivity contribution in [2.24, 2.45) is 4.99 Å². The number of imidazole rings is 1. The maximum absolute atomic E-state index is 12.2. The van der Waals surface area contributed by atoms with Gasteiger partial charge in [-0.05, 0) is 42.7 Å². The van der Waals surface area contributed by atoms with Crippen molar-refractivity contribution in [3.8, 4) is 5.69 Å². The number of aromatic nitrogens is 2. The fourth-order valence-electron chi connectivity index (χ4n) is 3.25. The zero-order valence-electron chi connectivity index (χ0n) is 18.4. The van der Waals surface area contributed by atoms with E-state index in [-0.39, 0.29) is 5.91 Å². The van der Waals surface area contributed by atoms with Crippen LogP contribution in [0.2, 0.25) is 0 Å². The van der Waals surface area contributed by atoms with Crippen molar-refractivity contribution in [3.05, 3.63) is 83.9 Å². The number of aliphatic imine (C=N–C) groups is 1. The molecule has 0 saturated carbocycles. The molecule has 0 atom stereocenters. The van der Waals surface area contributed by atoms with Gasteiger partial charge >= 0.3 is 0 Å². The molecule has 0 aliphatic rings. The normalized spacial score (nSPS) is 11.3. The number of carbonyl (C=O) groups excluding carboxylic acids is 1. The van der Waals surface area contributed by atoms with Crippen LogP contribution < -0.4 is 10.6 Å². The molecule has 0 fully saturated rings. The number of hydrogen-bond donors (Lipinski definition) is 2. The van der Waals surface area contributed by atoms with Gasteiger partial charge in [-0.25, -0.2) is 9.98 Å². The van der Waals surface area contributed by atoms with Crippen LogP contribution in [0.3, 0.4) is 0 Å². The minimum atomic E-state index is 0.0151. The maximum Gasteiger partial charge on any atom is 0.253 e. The second kappa shape index (κ2) is 11.0. The van der Waals surface area contributed by atoms with Gasteiger partial charge in [0.05, 0.1) is 18.6 Å². The van der Waals surface area contributed by atoms with E-state index in [0.717, 1.165) is 35.7 Å². The van der Waals surface area contributed by atoms with Gasteiger partial charge in [-0.15, -0.1) is 0 Å². The molecule has 0 unspecified atom stereocenters. The summed E-state index contributed by atoms with van der Waals surface area (Å²) >= 11 is 0. The van der Waals surface area contributed by atoms with Gasteiger partial charge in [0.15, 0.2) is 5.96 Å². The molecule has 1 aromatic heterocycles. The van der Waals surface area contributed by atoms with E-state index in [1.54, 1.807) is 31.5 Å². The van der Waals surface area contributed by atoms with Crippen molar-refractivity contribution in [1.29, 1.82) is 0 Å². The second-order valence-corrected chi connectivity index (χ2v) is 7.37. The van der Waals surface area contributed by atoms with E-state index in [0.29, 0.717) is 18.7 Å². The van der Waals surface area contributed by atoms with Gasteiger partial charge in [0, 0.05) is 45.1 Å². The predicted molar refractivity (Wildman–Crippen MR) is 125 cm³/mol. The highest BCUT2D eigenvalue weighted by Crippen LogP contribution is 2.15. The van der Waals surface area contributed by atoms with Crippen molar-refractivity contribution in [3.63, 3.8) is 0 Å². The average Bonchev–Trinajstić information content (AvgIpc) is 3.32. The van der Waals surface area contributed by atoms with Gasteiger partial charge in [0.1, 0.15) is 0 Å². The highest BCUT2D eigenvalue weighted by molar-refractivity contribution is 5.94. The average molecular weight is 419 g/mol. The number of benzene rings is 2. The lowest BCUT2D eigenvalue weighted by molar-refractivity contribution is 0.0827. The number of nitrogens with zero attached hydrogens (tertiary/aromatic N) is 4. The molecular formula is C24H30N6O. The van der Waals surface area contributed by atoms with E-state index in [9.17, 15) is 4.79 Å². The number of guanidine groups is 1. The van der Waals surface area contributed by atoms with Gasteiger partial charge in [0.25, 0.3) is 5.91 Å². The van der Waals surface area contributed by atoms with Crippen LogP contribution in [0.25, 0.3) is 5.69 Å². The van der Waals surface area contributed by atoms with Gasteiger partial charge in [-0.3, -0.25) is 4.79 Å². The van der Waals surface area contributed by atoms with Gasteiger partial charge in [0.2, 0.25) is 0 Å². The van der Waals surface area contributed by atoms with E-state index in [2.05, 4.69) is 27.8 Å². The number of nitrogens with one attached hydrogen (secondary N) is 2. The summed E-state index contributed by atoms with van der Waals surface area (Å²) in [4.78, 5) is 22.7. The first kappa shape index (κ1) is 22.1. The summed E-state index contributed by atoms with van der Waals surface area (Å²) in [5, 5.41) is 6.69. The summed E-state index contributed by atoms with van der Waals surface area (Å²) in [5.74, 6) is 0.782. The molecule has 0 radical (unpaired) electrons. The first-order chi connectivity index (χ1) is 15.1. The Morgan fingerprint density at radius 3 is 2.71 bits per heavy atom. The van der Waals surface area contributed by atoms with E-state index >= 15 is 0 Å². The molecule has 2 N–H and O–H groups in total. The van der Waals surface area contributed by atoms with Crippen molar-refractivity contribution < 1.29 is 4.79 Å². The Labute approximate surface area is 183 Å². The fraction of sp³-hybridized carbons (Fsp3) is 0.292. The summed E-state index contributed by atoms with van der Waals surface area (Å²) in [7, 11) is 3.53. The Kier molecular flexibility index (Phi) is 7.81. The van der Waals surface area contributed by atoms with E-state index in [1.807, 2.05) is 54.1 Å². The maximum atomic E-state index is 12.2. The smallest absolute Gasteiger partial charge is 0.253 e. The van der Waals surface area contributed by atoms with E-state index in [1.165, 1.54) is 0 Å². The minimum Gasteiger partial charge on any atom is -0.357 e. The third-order valence-corrected chi connectivity index (χ3v) is 4.81. The van der Waals surface area contributed by atoms with Gasteiger partial charge < -0.3 is 20.1 Å². The number of para-hydroxylation sites is 1. The van der Waals surface area contributed by atoms with Crippen LogP contribution in [0, 0.1) is 0 Å². The third kappa shape index (κ3) is 6.18. The molecule has 0 aliphatic carbocycles. The molecule has 2 aromatic carbocycles. The Hall–Kier alpha value is -3.61. The molecule has 3 aromatic rings. The van der Waals surface area contributed by atoms with Crippen LogP contribution in [0.4, 0.5) is 0 Å². The summed E-state index contributed by atoms with van der Waals surface area (Å²) < 4.78 is 1.99. The Bertz CT molecular complexity index is 1010. The molecule has 7 heteroatoms. The Balaban J connectivity index is 1.63. The van der Waals surface area contributed by atoms with Crippen LogP contribution in [0.5, 0.6) is 0 Å². The molecule has 0 spiro atoms. The van der Waals surface area contributed by atoms with Crippen LogP contribution in [0.1, 0.15) is 28.4 Å². The van der Waals surface area contributed by atoms with Crippen LogP contribution in [0.15, 0.2) is 72.2 Å². The zero-order valence-corrected chi connectivity index (χ0v) is 18.4. The molecule has 3 rings (SSSR count). The second-order valence-electron chi connectivity index (χ2n) is 7.37. The lowest BCUT2D eigenvalue weighted by Crippen LogP contribution is -2.38. The lowest BCUT2D eigenvalue weighted by atomic mass is 10.1. The molecule has 0 aliphatic heterocycles. The third-order valence-electron chi connectivity index (χ3n) is 4.81. The summed E-state index contributed by atoms with van der Waals surface area (Å²) in [6.45, 7) is 4.10. The number of amides is 1. The van der Waals surface area contributed by atoms with Gasteiger partial charge in [-0.2, -0.15) is 0 Å². The molecule has 31 heavy (non-hydrogen) atoms. The first-order valence-corrected chi connectivity index (χ1v) is 10.5. The lowest BCUT2D eigenvalue weighted by Gasteiger charge is -2.14. The Morgan fingerprint density at radius 1 is 1.13 bits per heavy atom. The fourth-order valence-corrected chi connectivity index (χ4v) is 3.25. The topological polar surface area (TPSA) is 74.5 Å². The van der Waals surface area contributed by atoms with Crippen LogP contribution in [-0.2, 0) is 13.0 Å². The van der Waals surface area contributed by atoms with Crippen LogP contribution in [-0.4, -0.2) is 53.5 Å². The molecule has 7 nitrogen and oxygen atoms in total. The molecule has 162 valence electrons. The predicted octanol–water partition coefficient (Wildman–Crippen LogP) is 2.87. The van der Waals surface area contributed by atoms with E-state index in [4.69, 9.17) is 4.99 Å². The number of rotatable bonds is 8. The highest BCUT2D eigenvalue weighted by Gasteiger charge is 2.08. The van der Waals surface area contributed by atoms with Crippen molar-refractivity contribution in [2.45, 2.75) is 19.9 Å². The molecular weight excluding hydrogens is 388 g/mol. The largest absolute Gasteiger partial charge is 0.357 e. The summed E-state index contributed by atoms with van der Waals surface area (Å²) in [6, 6.07) is 16.0. The standard InChI is InChI=1S/C24H30N6O/c1-4-26-24(27-13-12-19-8-7-10-20(16-19)23(31)29(2)3)28-17-21-9-5-6-11-22(21)30-15-14-25-18-30/h5-11,14-16,18H,4,12-13,17H2,1-3H3,(H2,26,27,28). The zero-order chi connectivity index (χ0) is 22.1. The molecule has 0 bridgehead atoms. The van der Waals surface area contributed by atoms with Crippen molar-refractivity contribution in [2.75, 3.05) is 27.2 Å². The first-order valence-electron chi connectivity index (χ1n) is 10.5.